The Morgan fingerprint density at radius 3 is 2.48 bits per heavy atom. The Kier molecular flexibility index (Phi) is 6.11. The molecule has 0 spiro atoms. The molecule has 1 fully saturated rings. The fraction of sp³-hybridized carbons (Fsp3) is 0.360. The number of hydrogen-bond acceptors (Lipinski definition) is 5. The fourth-order valence-corrected chi connectivity index (χ4v) is 5.44. The van der Waals surface area contributed by atoms with Crippen molar-refractivity contribution in [1.82, 2.24) is 19.8 Å². The van der Waals surface area contributed by atoms with Gasteiger partial charge in [-0.1, -0.05) is 48.5 Å². The molecule has 0 radical (unpaired) electrons. The Hall–Kier alpha value is -2.54. The van der Waals surface area contributed by atoms with Crippen LogP contribution in [0.5, 0.6) is 0 Å². The Balaban J connectivity index is 1.11. The zero-order chi connectivity index (χ0) is 21.0. The van der Waals surface area contributed by atoms with Gasteiger partial charge in [0.2, 0.25) is 0 Å². The Bertz CT molecular complexity index is 1210. The molecule has 4 aromatic rings. The van der Waals surface area contributed by atoms with Gasteiger partial charge in [-0.2, -0.15) is 0 Å². The number of H-pyrrole nitrogens is 1. The molecule has 31 heavy (non-hydrogen) atoms. The molecule has 2 aromatic heterocycles. The number of hydrogen-bond donors (Lipinski definition) is 1. The summed E-state index contributed by atoms with van der Waals surface area (Å²) in [4.78, 5) is 25.4. The van der Waals surface area contributed by atoms with Gasteiger partial charge in [0.25, 0.3) is 5.56 Å². The molecule has 6 heteroatoms. The average Bonchev–Trinajstić information content (AvgIpc) is 3.18. The third kappa shape index (κ3) is 4.71. The molecular weight excluding hydrogens is 404 g/mol. The molecule has 1 N–H and O–H groups in total. The number of thiophene rings is 1. The molecule has 5 nitrogen and oxygen atoms in total. The summed E-state index contributed by atoms with van der Waals surface area (Å²) in [6.07, 6.45) is 2.99. The summed E-state index contributed by atoms with van der Waals surface area (Å²) in [6, 6.07) is 18.9. The predicted molar refractivity (Wildman–Crippen MR) is 129 cm³/mol. The lowest BCUT2D eigenvalue weighted by molar-refractivity contribution is 0.125. The number of benzene rings is 2. The largest absolute Gasteiger partial charge is 0.309 e. The highest BCUT2D eigenvalue weighted by Crippen LogP contribution is 2.29. The maximum absolute atomic E-state index is 12.5. The van der Waals surface area contributed by atoms with Crippen molar-refractivity contribution in [2.75, 3.05) is 32.7 Å². The highest BCUT2D eigenvalue weighted by Gasteiger charge is 2.16. The summed E-state index contributed by atoms with van der Waals surface area (Å²) < 4.78 is 1.86. The van der Waals surface area contributed by atoms with E-state index in [1.807, 2.05) is 12.1 Å². The van der Waals surface area contributed by atoms with E-state index in [2.05, 4.69) is 57.2 Å². The summed E-state index contributed by atoms with van der Waals surface area (Å²) in [7, 11) is 0. The topological polar surface area (TPSA) is 52.2 Å². The molecule has 1 saturated heterocycles. The molecular formula is C25H28N4OS. The molecule has 1 aliphatic heterocycles. The number of aromatic amines is 1. The van der Waals surface area contributed by atoms with Crippen LogP contribution in [-0.2, 0) is 13.0 Å². The van der Waals surface area contributed by atoms with Gasteiger partial charge >= 0.3 is 0 Å². The minimum atomic E-state index is -0.00395. The number of fused-ring (bicyclic) bond motifs is 3. The van der Waals surface area contributed by atoms with Crippen LogP contribution in [0.1, 0.15) is 24.2 Å². The van der Waals surface area contributed by atoms with Crippen LogP contribution in [0, 0.1) is 0 Å². The number of piperazine rings is 1. The van der Waals surface area contributed by atoms with Gasteiger partial charge in [-0.15, -0.1) is 11.3 Å². The zero-order valence-electron chi connectivity index (χ0n) is 17.7. The van der Waals surface area contributed by atoms with Gasteiger partial charge in [0.05, 0.1) is 5.52 Å². The standard InChI is InChI=1S/C25H28N4OS/c30-25-24-23(20-10-4-5-11-21(20)31-24)26-22(27-25)12-6-7-13-28-14-16-29(17-15-28)18-19-8-2-1-3-9-19/h1-5,8-11H,6-7,12-18H2,(H,26,27,30). The first kappa shape index (κ1) is 20.4. The second-order valence-corrected chi connectivity index (χ2v) is 9.40. The van der Waals surface area contributed by atoms with Crippen LogP contribution in [0.2, 0.25) is 0 Å². The lowest BCUT2D eigenvalue weighted by Gasteiger charge is -2.34. The van der Waals surface area contributed by atoms with E-state index < -0.39 is 0 Å². The van der Waals surface area contributed by atoms with Gasteiger partial charge in [-0.25, -0.2) is 4.98 Å². The summed E-state index contributed by atoms with van der Waals surface area (Å²) in [5.41, 5.74) is 2.25. The zero-order valence-corrected chi connectivity index (χ0v) is 18.5. The van der Waals surface area contributed by atoms with Gasteiger partial charge < -0.3 is 9.88 Å². The van der Waals surface area contributed by atoms with Crippen molar-refractivity contribution in [3.8, 4) is 0 Å². The molecule has 160 valence electrons. The van der Waals surface area contributed by atoms with Crippen LogP contribution in [0.15, 0.2) is 59.4 Å². The number of nitrogens with zero attached hydrogens (tertiary/aromatic N) is 3. The molecule has 3 heterocycles. The van der Waals surface area contributed by atoms with E-state index in [1.54, 1.807) is 0 Å². The first-order valence-electron chi connectivity index (χ1n) is 11.2. The summed E-state index contributed by atoms with van der Waals surface area (Å²) in [5, 5.41) is 1.09. The normalized spacial score (nSPS) is 15.7. The van der Waals surface area contributed by atoms with Gasteiger partial charge in [-0.05, 0) is 31.0 Å². The first-order valence-corrected chi connectivity index (χ1v) is 12.0. The maximum atomic E-state index is 12.5. The highest BCUT2D eigenvalue weighted by molar-refractivity contribution is 7.25. The third-order valence-corrected chi connectivity index (χ3v) is 7.29. The van der Waals surface area contributed by atoms with E-state index in [1.165, 1.54) is 16.9 Å². The van der Waals surface area contributed by atoms with Crippen molar-refractivity contribution < 1.29 is 0 Å². The monoisotopic (exact) mass is 432 g/mol. The Labute approximate surface area is 186 Å². The van der Waals surface area contributed by atoms with Crippen molar-refractivity contribution in [2.24, 2.45) is 0 Å². The van der Waals surface area contributed by atoms with Crippen molar-refractivity contribution in [3.63, 3.8) is 0 Å². The molecule has 1 aliphatic rings. The third-order valence-electron chi connectivity index (χ3n) is 6.13. The summed E-state index contributed by atoms with van der Waals surface area (Å²) in [5.74, 6) is 0.814. The molecule has 0 amide bonds. The Morgan fingerprint density at radius 1 is 0.903 bits per heavy atom. The van der Waals surface area contributed by atoms with Gasteiger partial charge in [0, 0.05) is 49.2 Å². The number of aromatic nitrogens is 2. The Morgan fingerprint density at radius 2 is 1.65 bits per heavy atom. The van der Waals surface area contributed by atoms with Crippen LogP contribution < -0.4 is 5.56 Å². The average molecular weight is 433 g/mol. The second-order valence-electron chi connectivity index (χ2n) is 8.35. The molecule has 2 aromatic carbocycles. The van der Waals surface area contributed by atoms with Crippen LogP contribution in [0.3, 0.4) is 0 Å². The van der Waals surface area contributed by atoms with Crippen LogP contribution in [0.4, 0.5) is 0 Å². The highest BCUT2D eigenvalue weighted by atomic mass is 32.1. The van der Waals surface area contributed by atoms with Crippen molar-refractivity contribution in [1.29, 1.82) is 0 Å². The maximum Gasteiger partial charge on any atom is 0.268 e. The van der Waals surface area contributed by atoms with Gasteiger partial charge in [0.1, 0.15) is 10.5 Å². The lowest BCUT2D eigenvalue weighted by atomic mass is 10.2. The van der Waals surface area contributed by atoms with Crippen molar-refractivity contribution >= 4 is 31.6 Å². The lowest BCUT2D eigenvalue weighted by Crippen LogP contribution is -2.46. The van der Waals surface area contributed by atoms with Crippen molar-refractivity contribution in [3.05, 3.63) is 76.3 Å². The molecule has 5 rings (SSSR count). The number of unbranched alkanes of at least 4 members (excludes halogenated alkanes) is 1. The molecule has 0 atom stereocenters. The molecule has 0 aliphatic carbocycles. The summed E-state index contributed by atoms with van der Waals surface area (Å²) >= 11 is 1.53. The molecule has 0 bridgehead atoms. The number of nitrogens with one attached hydrogen (secondary N) is 1. The van der Waals surface area contributed by atoms with E-state index in [0.29, 0.717) is 0 Å². The van der Waals surface area contributed by atoms with Crippen molar-refractivity contribution in [2.45, 2.75) is 25.8 Å². The van der Waals surface area contributed by atoms with E-state index in [-0.39, 0.29) is 5.56 Å². The number of aryl methyl sites for hydroxylation is 1. The van der Waals surface area contributed by atoms with Crippen LogP contribution >= 0.6 is 11.3 Å². The minimum Gasteiger partial charge on any atom is -0.309 e. The van der Waals surface area contributed by atoms with E-state index in [0.717, 1.165) is 84.7 Å². The quantitative estimate of drug-likeness (QED) is 0.443. The van der Waals surface area contributed by atoms with Gasteiger partial charge in [0.15, 0.2) is 0 Å². The molecule has 0 unspecified atom stereocenters. The SMILES string of the molecule is O=c1[nH]c(CCCCN2CCN(Cc3ccccc3)CC2)nc2c1sc1ccccc12. The van der Waals surface area contributed by atoms with E-state index >= 15 is 0 Å². The second kappa shape index (κ2) is 9.30. The van der Waals surface area contributed by atoms with Gasteiger partial charge in [-0.3, -0.25) is 9.69 Å². The smallest absolute Gasteiger partial charge is 0.268 e. The van der Waals surface area contributed by atoms with Crippen LogP contribution in [-0.4, -0.2) is 52.5 Å². The number of rotatable bonds is 7. The van der Waals surface area contributed by atoms with Crippen LogP contribution in [0.25, 0.3) is 20.3 Å². The van der Waals surface area contributed by atoms with E-state index in [9.17, 15) is 4.79 Å². The first-order chi connectivity index (χ1) is 15.3. The van der Waals surface area contributed by atoms with E-state index in [4.69, 9.17) is 4.98 Å². The minimum absolute atomic E-state index is 0.00395. The fourth-order valence-electron chi connectivity index (χ4n) is 4.41. The molecule has 0 saturated carbocycles. The summed E-state index contributed by atoms with van der Waals surface area (Å²) in [6.45, 7) is 6.70. The predicted octanol–water partition coefficient (Wildman–Crippen LogP) is 4.28.